The van der Waals surface area contributed by atoms with Gasteiger partial charge in [0.2, 0.25) is 5.13 Å². The van der Waals surface area contributed by atoms with E-state index in [-0.39, 0.29) is 0 Å². The van der Waals surface area contributed by atoms with E-state index >= 15 is 0 Å². The molecule has 1 aromatic rings. The Hall–Kier alpha value is -0.350. The van der Waals surface area contributed by atoms with Gasteiger partial charge >= 0.3 is 0 Å². The number of aromatic nitrogens is 2. The first kappa shape index (κ1) is 13.1. The maximum absolute atomic E-state index is 5.79. The maximum Gasteiger partial charge on any atom is 0.205 e. The molecule has 0 bridgehead atoms. The van der Waals surface area contributed by atoms with E-state index in [1.54, 1.807) is 11.5 Å². The van der Waals surface area contributed by atoms with Crippen LogP contribution < -0.4 is 4.90 Å². The standard InChI is InChI=1S/C12H20ClN3S/c1-2-5-11-14-12(17-15-11)16(9-4-8-13)10-6-3-7-10/h10H,2-9H2,1H3. The van der Waals surface area contributed by atoms with E-state index in [0.29, 0.717) is 6.04 Å². The van der Waals surface area contributed by atoms with E-state index in [9.17, 15) is 0 Å². The molecule has 0 N–H and O–H groups in total. The second kappa shape index (κ2) is 6.55. The number of alkyl halides is 1. The van der Waals surface area contributed by atoms with E-state index < -0.39 is 0 Å². The summed E-state index contributed by atoms with van der Waals surface area (Å²) in [6.45, 7) is 3.19. The quantitative estimate of drug-likeness (QED) is 0.712. The largest absolute Gasteiger partial charge is 0.344 e. The third kappa shape index (κ3) is 3.32. The van der Waals surface area contributed by atoms with Crippen LogP contribution in [-0.2, 0) is 6.42 Å². The van der Waals surface area contributed by atoms with Crippen molar-refractivity contribution in [3.05, 3.63) is 5.82 Å². The van der Waals surface area contributed by atoms with Gasteiger partial charge in [-0.05, 0) is 32.1 Å². The Kier molecular flexibility index (Phi) is 5.04. The van der Waals surface area contributed by atoms with Gasteiger partial charge in [0.05, 0.1) is 0 Å². The number of nitrogens with zero attached hydrogens (tertiary/aromatic N) is 3. The molecule has 0 amide bonds. The fraction of sp³-hybridized carbons (Fsp3) is 0.833. The molecule has 1 aliphatic carbocycles. The van der Waals surface area contributed by atoms with Gasteiger partial charge < -0.3 is 4.90 Å². The first-order valence-corrected chi connectivity index (χ1v) is 7.81. The molecule has 5 heteroatoms. The van der Waals surface area contributed by atoms with Gasteiger partial charge in [0.15, 0.2) is 0 Å². The molecule has 1 fully saturated rings. The van der Waals surface area contributed by atoms with Crippen molar-refractivity contribution in [1.29, 1.82) is 0 Å². The minimum atomic E-state index is 0.681. The number of anilines is 1. The van der Waals surface area contributed by atoms with Crippen LogP contribution in [0.25, 0.3) is 0 Å². The predicted octanol–water partition coefficient (Wildman–Crippen LogP) is 3.48. The predicted molar refractivity (Wildman–Crippen MR) is 74.2 cm³/mol. The number of halogens is 1. The lowest BCUT2D eigenvalue weighted by atomic mass is 9.92. The molecule has 0 unspecified atom stereocenters. The van der Waals surface area contributed by atoms with Gasteiger partial charge in [-0.3, -0.25) is 0 Å². The molecule has 1 heterocycles. The van der Waals surface area contributed by atoms with Crippen molar-refractivity contribution in [2.75, 3.05) is 17.3 Å². The maximum atomic E-state index is 5.79. The van der Waals surface area contributed by atoms with Gasteiger partial charge in [0.1, 0.15) is 5.82 Å². The first-order chi connectivity index (χ1) is 8.35. The van der Waals surface area contributed by atoms with Crippen molar-refractivity contribution in [3.8, 4) is 0 Å². The summed E-state index contributed by atoms with van der Waals surface area (Å²) in [5, 5.41) is 1.10. The summed E-state index contributed by atoms with van der Waals surface area (Å²) >= 11 is 7.34. The summed E-state index contributed by atoms with van der Waals surface area (Å²) in [4.78, 5) is 7.07. The molecule has 1 saturated carbocycles. The Bertz CT molecular complexity index is 338. The van der Waals surface area contributed by atoms with Crippen molar-refractivity contribution >= 4 is 28.3 Å². The van der Waals surface area contributed by atoms with Crippen molar-refractivity contribution in [3.63, 3.8) is 0 Å². The molecule has 2 rings (SSSR count). The summed E-state index contributed by atoms with van der Waals surface area (Å²) in [6, 6.07) is 0.681. The zero-order chi connectivity index (χ0) is 12.1. The van der Waals surface area contributed by atoms with Crippen LogP contribution in [0.1, 0.15) is 44.9 Å². The summed E-state index contributed by atoms with van der Waals surface area (Å²) < 4.78 is 4.43. The van der Waals surface area contributed by atoms with Crippen molar-refractivity contribution < 1.29 is 0 Å². The number of hydrogen-bond acceptors (Lipinski definition) is 4. The normalized spacial score (nSPS) is 15.9. The topological polar surface area (TPSA) is 29.0 Å². The van der Waals surface area contributed by atoms with Crippen molar-refractivity contribution in [1.82, 2.24) is 9.36 Å². The lowest BCUT2D eigenvalue weighted by Gasteiger charge is -2.37. The summed E-state index contributed by atoms with van der Waals surface area (Å²) in [6.07, 6.45) is 7.07. The van der Waals surface area contributed by atoms with Crippen molar-refractivity contribution in [2.24, 2.45) is 0 Å². The van der Waals surface area contributed by atoms with Gasteiger partial charge in [-0.2, -0.15) is 4.37 Å². The smallest absolute Gasteiger partial charge is 0.205 e. The molecule has 0 radical (unpaired) electrons. The summed E-state index contributed by atoms with van der Waals surface area (Å²) in [7, 11) is 0. The van der Waals surface area contributed by atoms with Crippen LogP contribution in [0.15, 0.2) is 0 Å². The number of aryl methyl sites for hydroxylation is 1. The average Bonchev–Trinajstić information content (AvgIpc) is 2.70. The van der Waals surface area contributed by atoms with E-state index in [4.69, 9.17) is 11.6 Å². The van der Waals surface area contributed by atoms with E-state index in [0.717, 1.165) is 42.6 Å². The number of rotatable bonds is 7. The first-order valence-electron chi connectivity index (χ1n) is 6.50. The number of hydrogen-bond donors (Lipinski definition) is 0. The third-order valence-corrected chi connectivity index (χ3v) is 4.28. The zero-order valence-corrected chi connectivity index (χ0v) is 11.9. The van der Waals surface area contributed by atoms with E-state index in [2.05, 4.69) is 21.2 Å². The molecule has 0 aliphatic heterocycles. The Labute approximate surface area is 112 Å². The monoisotopic (exact) mass is 273 g/mol. The fourth-order valence-corrected chi connectivity index (χ4v) is 2.98. The molecular weight excluding hydrogens is 254 g/mol. The highest BCUT2D eigenvalue weighted by Gasteiger charge is 2.26. The van der Waals surface area contributed by atoms with Gasteiger partial charge in [-0.15, -0.1) is 11.6 Å². The molecule has 17 heavy (non-hydrogen) atoms. The van der Waals surface area contributed by atoms with Crippen LogP contribution in [-0.4, -0.2) is 27.8 Å². The van der Waals surface area contributed by atoms with Crippen LogP contribution in [0.3, 0.4) is 0 Å². The van der Waals surface area contributed by atoms with Gasteiger partial charge in [0.25, 0.3) is 0 Å². The Morgan fingerprint density at radius 2 is 2.29 bits per heavy atom. The van der Waals surface area contributed by atoms with E-state index in [1.165, 1.54) is 19.3 Å². The van der Waals surface area contributed by atoms with Crippen LogP contribution in [0.2, 0.25) is 0 Å². The molecule has 0 aromatic carbocycles. The highest BCUT2D eigenvalue weighted by Crippen LogP contribution is 2.30. The molecule has 1 aliphatic rings. The Morgan fingerprint density at radius 3 is 2.88 bits per heavy atom. The van der Waals surface area contributed by atoms with Crippen LogP contribution >= 0.6 is 23.1 Å². The third-order valence-electron chi connectivity index (χ3n) is 3.22. The van der Waals surface area contributed by atoms with Gasteiger partial charge in [0, 0.05) is 36.4 Å². The molecule has 0 atom stereocenters. The summed E-state index contributed by atoms with van der Waals surface area (Å²) in [5.74, 6) is 1.73. The highest BCUT2D eigenvalue weighted by atomic mass is 35.5. The lowest BCUT2D eigenvalue weighted by Crippen LogP contribution is -2.41. The molecule has 0 saturated heterocycles. The Morgan fingerprint density at radius 1 is 1.47 bits per heavy atom. The van der Waals surface area contributed by atoms with E-state index in [1.807, 2.05) is 0 Å². The van der Waals surface area contributed by atoms with Crippen LogP contribution in [0.5, 0.6) is 0 Å². The SMILES string of the molecule is CCCc1nsc(N(CCCCl)C2CCC2)n1. The molecular formula is C12H20ClN3S. The fourth-order valence-electron chi connectivity index (χ4n) is 2.05. The van der Waals surface area contributed by atoms with Crippen LogP contribution in [0, 0.1) is 0 Å². The molecule has 0 spiro atoms. The van der Waals surface area contributed by atoms with Crippen LogP contribution in [0.4, 0.5) is 5.13 Å². The molecule has 3 nitrogen and oxygen atoms in total. The lowest BCUT2D eigenvalue weighted by molar-refractivity contribution is 0.385. The zero-order valence-electron chi connectivity index (χ0n) is 10.4. The second-order valence-electron chi connectivity index (χ2n) is 4.56. The van der Waals surface area contributed by atoms with Gasteiger partial charge in [-0.1, -0.05) is 6.92 Å². The molecule has 96 valence electrons. The highest BCUT2D eigenvalue weighted by molar-refractivity contribution is 7.09. The average molecular weight is 274 g/mol. The summed E-state index contributed by atoms with van der Waals surface area (Å²) in [5.41, 5.74) is 0. The second-order valence-corrected chi connectivity index (χ2v) is 5.67. The minimum Gasteiger partial charge on any atom is -0.344 e. The van der Waals surface area contributed by atoms with Crippen molar-refractivity contribution in [2.45, 2.75) is 51.5 Å². The van der Waals surface area contributed by atoms with Gasteiger partial charge in [-0.25, -0.2) is 4.98 Å². The minimum absolute atomic E-state index is 0.681. The molecule has 1 aromatic heterocycles. The Balaban J connectivity index is 2.01.